The van der Waals surface area contributed by atoms with Gasteiger partial charge in [-0.05, 0) is 43.4 Å². The molecular formula is C16H21NO3S. The topological polar surface area (TPSA) is 55.4 Å². The van der Waals surface area contributed by atoms with Gasteiger partial charge in [-0.25, -0.2) is 4.79 Å². The first kappa shape index (κ1) is 17.3. The summed E-state index contributed by atoms with van der Waals surface area (Å²) in [5, 5.41) is 2.68. The van der Waals surface area contributed by atoms with E-state index in [4.69, 9.17) is 4.74 Å². The molecule has 0 unspecified atom stereocenters. The molecule has 1 aromatic carbocycles. The van der Waals surface area contributed by atoms with Crippen LogP contribution in [0.5, 0.6) is 0 Å². The third-order valence-corrected chi connectivity index (χ3v) is 3.48. The molecule has 0 saturated heterocycles. The molecule has 1 atom stereocenters. The summed E-state index contributed by atoms with van der Waals surface area (Å²) in [7, 11) is 0. The summed E-state index contributed by atoms with van der Waals surface area (Å²) in [5.74, 6) is -0.800. The van der Waals surface area contributed by atoms with Crippen molar-refractivity contribution < 1.29 is 14.3 Å². The average molecular weight is 307 g/mol. The number of rotatable bonds is 7. The standard InChI is InChI=1S/C16H21NO3S/c1-4-11-17-16(19)12(2)20-15(18)10-7-13-5-8-14(21-3)9-6-13/h5-10,12H,4,11H2,1-3H3,(H,17,19)/b10-7+/t12-/m0/s1. The quantitative estimate of drug-likeness (QED) is 0.478. The molecule has 0 aliphatic carbocycles. The number of thioether (sulfide) groups is 1. The van der Waals surface area contributed by atoms with Crippen LogP contribution in [0.25, 0.3) is 6.08 Å². The number of carbonyl (C=O) groups excluding carboxylic acids is 2. The molecule has 21 heavy (non-hydrogen) atoms. The molecule has 0 radical (unpaired) electrons. The van der Waals surface area contributed by atoms with E-state index >= 15 is 0 Å². The van der Waals surface area contributed by atoms with Gasteiger partial charge in [0, 0.05) is 17.5 Å². The predicted molar refractivity (Wildman–Crippen MR) is 86.1 cm³/mol. The van der Waals surface area contributed by atoms with E-state index < -0.39 is 12.1 Å². The molecule has 1 amide bonds. The first-order valence-electron chi connectivity index (χ1n) is 6.87. The Kier molecular flexibility index (Phi) is 7.61. The van der Waals surface area contributed by atoms with E-state index in [2.05, 4.69) is 5.32 Å². The van der Waals surface area contributed by atoms with E-state index in [0.717, 1.165) is 16.9 Å². The van der Waals surface area contributed by atoms with Gasteiger partial charge in [0.05, 0.1) is 0 Å². The molecule has 0 heterocycles. The smallest absolute Gasteiger partial charge is 0.331 e. The minimum absolute atomic E-state index is 0.275. The van der Waals surface area contributed by atoms with Crippen LogP contribution < -0.4 is 5.32 Å². The van der Waals surface area contributed by atoms with Gasteiger partial charge in [-0.15, -0.1) is 11.8 Å². The van der Waals surface area contributed by atoms with Crippen LogP contribution in [-0.4, -0.2) is 30.8 Å². The van der Waals surface area contributed by atoms with Gasteiger partial charge in [0.2, 0.25) is 0 Å². The van der Waals surface area contributed by atoms with Gasteiger partial charge < -0.3 is 10.1 Å². The van der Waals surface area contributed by atoms with Gasteiger partial charge >= 0.3 is 5.97 Å². The lowest BCUT2D eigenvalue weighted by molar-refractivity contribution is -0.150. The molecule has 0 aliphatic heterocycles. The van der Waals surface area contributed by atoms with Crippen LogP contribution in [0.3, 0.4) is 0 Å². The minimum atomic E-state index is -0.785. The maximum atomic E-state index is 11.6. The summed E-state index contributed by atoms with van der Waals surface area (Å²) in [5.41, 5.74) is 0.910. The molecule has 0 fully saturated rings. The van der Waals surface area contributed by atoms with Gasteiger partial charge in [0.15, 0.2) is 6.10 Å². The lowest BCUT2D eigenvalue weighted by Crippen LogP contribution is -2.35. The van der Waals surface area contributed by atoms with Crippen LogP contribution in [0.1, 0.15) is 25.8 Å². The molecule has 0 saturated carbocycles. The zero-order valence-corrected chi connectivity index (χ0v) is 13.4. The van der Waals surface area contributed by atoms with Crippen LogP contribution >= 0.6 is 11.8 Å². The maximum absolute atomic E-state index is 11.6. The van der Waals surface area contributed by atoms with Crippen molar-refractivity contribution in [1.82, 2.24) is 5.32 Å². The second-order valence-electron chi connectivity index (χ2n) is 4.48. The van der Waals surface area contributed by atoms with Crippen LogP contribution in [0.15, 0.2) is 35.2 Å². The van der Waals surface area contributed by atoms with Crippen molar-refractivity contribution >= 4 is 29.7 Å². The average Bonchev–Trinajstić information content (AvgIpc) is 2.50. The highest BCUT2D eigenvalue weighted by molar-refractivity contribution is 7.98. The van der Waals surface area contributed by atoms with Crippen molar-refractivity contribution in [2.75, 3.05) is 12.8 Å². The number of hydrogen-bond acceptors (Lipinski definition) is 4. The van der Waals surface area contributed by atoms with Crippen LogP contribution in [-0.2, 0) is 14.3 Å². The number of nitrogens with one attached hydrogen (secondary N) is 1. The Labute approximate surface area is 130 Å². The third kappa shape index (κ3) is 6.49. The van der Waals surface area contributed by atoms with Gasteiger partial charge in [-0.3, -0.25) is 4.79 Å². The van der Waals surface area contributed by atoms with Crippen molar-refractivity contribution in [3.05, 3.63) is 35.9 Å². The summed E-state index contributed by atoms with van der Waals surface area (Å²) in [6.07, 6.45) is 5.07. The van der Waals surface area contributed by atoms with Crippen molar-refractivity contribution in [2.45, 2.75) is 31.3 Å². The zero-order valence-electron chi connectivity index (χ0n) is 12.6. The van der Waals surface area contributed by atoms with Gasteiger partial charge in [0.25, 0.3) is 5.91 Å². The molecule has 1 rings (SSSR count). The fourth-order valence-corrected chi connectivity index (χ4v) is 1.95. The Balaban J connectivity index is 2.48. The van der Waals surface area contributed by atoms with Crippen molar-refractivity contribution in [3.63, 3.8) is 0 Å². The molecule has 5 heteroatoms. The largest absolute Gasteiger partial charge is 0.449 e. The Hall–Kier alpha value is -1.75. The van der Waals surface area contributed by atoms with Crippen LogP contribution in [0.4, 0.5) is 0 Å². The number of benzene rings is 1. The van der Waals surface area contributed by atoms with E-state index in [1.165, 1.54) is 6.08 Å². The van der Waals surface area contributed by atoms with Crippen molar-refractivity contribution in [2.24, 2.45) is 0 Å². The molecule has 0 aromatic heterocycles. The minimum Gasteiger partial charge on any atom is -0.449 e. The normalized spacial score (nSPS) is 12.1. The Morgan fingerprint density at radius 1 is 1.33 bits per heavy atom. The predicted octanol–water partition coefficient (Wildman–Crippen LogP) is 2.88. The summed E-state index contributed by atoms with van der Waals surface area (Å²) in [6, 6.07) is 7.81. The maximum Gasteiger partial charge on any atom is 0.331 e. The highest BCUT2D eigenvalue weighted by Gasteiger charge is 2.15. The summed E-state index contributed by atoms with van der Waals surface area (Å²) in [4.78, 5) is 24.4. The Morgan fingerprint density at radius 2 is 2.00 bits per heavy atom. The SMILES string of the molecule is CCCNC(=O)[C@H](C)OC(=O)/C=C/c1ccc(SC)cc1. The fourth-order valence-electron chi connectivity index (χ4n) is 1.54. The lowest BCUT2D eigenvalue weighted by atomic mass is 10.2. The second kappa shape index (κ2) is 9.23. The second-order valence-corrected chi connectivity index (χ2v) is 5.36. The van der Waals surface area contributed by atoms with Crippen molar-refractivity contribution in [3.8, 4) is 0 Å². The van der Waals surface area contributed by atoms with Gasteiger partial charge in [0.1, 0.15) is 0 Å². The van der Waals surface area contributed by atoms with E-state index in [1.54, 1.807) is 24.8 Å². The summed E-state index contributed by atoms with van der Waals surface area (Å²) in [6.45, 7) is 4.10. The first-order chi connectivity index (χ1) is 10.1. The summed E-state index contributed by atoms with van der Waals surface area (Å²) >= 11 is 1.66. The zero-order chi connectivity index (χ0) is 15.7. The lowest BCUT2D eigenvalue weighted by Gasteiger charge is -2.11. The number of esters is 1. The summed E-state index contributed by atoms with van der Waals surface area (Å²) < 4.78 is 5.03. The highest BCUT2D eigenvalue weighted by atomic mass is 32.2. The number of hydrogen-bond donors (Lipinski definition) is 1. The Bertz CT molecular complexity index is 497. The van der Waals surface area contributed by atoms with E-state index in [-0.39, 0.29) is 5.91 Å². The van der Waals surface area contributed by atoms with Gasteiger partial charge in [-0.2, -0.15) is 0 Å². The van der Waals surface area contributed by atoms with E-state index in [0.29, 0.717) is 6.54 Å². The number of amides is 1. The molecule has 0 bridgehead atoms. The molecule has 4 nitrogen and oxygen atoms in total. The van der Waals surface area contributed by atoms with E-state index in [1.807, 2.05) is 37.4 Å². The van der Waals surface area contributed by atoms with E-state index in [9.17, 15) is 9.59 Å². The monoisotopic (exact) mass is 307 g/mol. The third-order valence-electron chi connectivity index (χ3n) is 2.74. The molecule has 1 aromatic rings. The Morgan fingerprint density at radius 3 is 2.57 bits per heavy atom. The fraction of sp³-hybridized carbons (Fsp3) is 0.375. The molecule has 114 valence electrons. The first-order valence-corrected chi connectivity index (χ1v) is 8.09. The van der Waals surface area contributed by atoms with Crippen molar-refractivity contribution in [1.29, 1.82) is 0 Å². The molecule has 0 spiro atoms. The van der Waals surface area contributed by atoms with Crippen LogP contribution in [0.2, 0.25) is 0 Å². The number of ether oxygens (including phenoxy) is 1. The molecular weight excluding hydrogens is 286 g/mol. The van der Waals surface area contributed by atoms with Crippen LogP contribution in [0, 0.1) is 0 Å². The molecule has 0 aliphatic rings. The number of carbonyl (C=O) groups is 2. The highest BCUT2D eigenvalue weighted by Crippen LogP contribution is 2.15. The molecule has 1 N–H and O–H groups in total. The van der Waals surface area contributed by atoms with Gasteiger partial charge in [-0.1, -0.05) is 19.1 Å².